The lowest BCUT2D eigenvalue weighted by atomic mass is 9.60. The molecule has 7 nitrogen and oxygen atoms in total. The largest absolute Gasteiger partial charge is 0.381 e. The lowest BCUT2D eigenvalue weighted by Crippen LogP contribution is -2.66. The quantitative estimate of drug-likeness (QED) is 0.541. The van der Waals surface area contributed by atoms with Crippen molar-refractivity contribution >= 4 is 34.8 Å². The number of anilines is 2. The van der Waals surface area contributed by atoms with Crippen LogP contribution in [0.15, 0.2) is 55.1 Å². The summed E-state index contributed by atoms with van der Waals surface area (Å²) in [5.41, 5.74) is 4.55. The molecule has 0 radical (unpaired) electrons. The van der Waals surface area contributed by atoms with E-state index < -0.39 is 5.54 Å². The third kappa shape index (κ3) is 3.56. The molecule has 8 heteroatoms. The average Bonchev–Trinajstić information content (AvgIpc) is 2.99. The highest BCUT2D eigenvalue weighted by Gasteiger charge is 2.54. The van der Waals surface area contributed by atoms with E-state index in [0.29, 0.717) is 22.2 Å². The van der Waals surface area contributed by atoms with Crippen molar-refractivity contribution in [2.75, 3.05) is 23.3 Å². The number of carbonyl (C=O) groups excluding carboxylic acids is 2. The number of aryl methyl sites for hydroxylation is 1. The minimum Gasteiger partial charge on any atom is -0.381 e. The third-order valence-corrected chi connectivity index (χ3v) is 8.19. The van der Waals surface area contributed by atoms with Crippen molar-refractivity contribution < 1.29 is 9.59 Å². The number of halogens is 1. The molecule has 2 aliphatic heterocycles. The van der Waals surface area contributed by atoms with E-state index in [1.807, 2.05) is 43.9 Å². The van der Waals surface area contributed by atoms with Gasteiger partial charge in [0.1, 0.15) is 0 Å². The molecule has 3 aliphatic rings. The van der Waals surface area contributed by atoms with Crippen LogP contribution in [0.1, 0.15) is 58.5 Å². The van der Waals surface area contributed by atoms with Crippen molar-refractivity contribution in [1.29, 1.82) is 0 Å². The van der Waals surface area contributed by atoms with Gasteiger partial charge in [-0.3, -0.25) is 24.5 Å². The van der Waals surface area contributed by atoms with Crippen LogP contribution < -0.4 is 10.2 Å². The van der Waals surface area contributed by atoms with Gasteiger partial charge in [-0.25, -0.2) is 0 Å². The van der Waals surface area contributed by atoms with Gasteiger partial charge in [0.2, 0.25) is 0 Å². The number of carbonyl (C=O) groups is 2. The summed E-state index contributed by atoms with van der Waals surface area (Å²) in [6.07, 6.45) is 8.92. The highest BCUT2D eigenvalue weighted by molar-refractivity contribution is 6.31. The van der Waals surface area contributed by atoms with Crippen LogP contribution in [0.3, 0.4) is 0 Å². The van der Waals surface area contributed by atoms with E-state index in [1.54, 1.807) is 41.8 Å². The summed E-state index contributed by atoms with van der Waals surface area (Å²) in [4.78, 5) is 38.3. The van der Waals surface area contributed by atoms with Gasteiger partial charge in [0, 0.05) is 47.5 Å². The summed E-state index contributed by atoms with van der Waals surface area (Å²) in [7, 11) is 0. The average molecular weight is 502 g/mol. The molecule has 1 saturated carbocycles. The van der Waals surface area contributed by atoms with Gasteiger partial charge in [0.25, 0.3) is 11.8 Å². The van der Waals surface area contributed by atoms with Crippen LogP contribution in [0, 0.1) is 12.3 Å². The van der Waals surface area contributed by atoms with Gasteiger partial charge < -0.3 is 10.2 Å². The highest BCUT2D eigenvalue weighted by atomic mass is 35.5. The zero-order valence-electron chi connectivity index (χ0n) is 20.6. The van der Waals surface area contributed by atoms with Crippen LogP contribution in [0.25, 0.3) is 0 Å². The Bertz CT molecular complexity index is 1390. The Hall–Kier alpha value is -3.45. The van der Waals surface area contributed by atoms with Gasteiger partial charge in [0.05, 0.1) is 34.9 Å². The molecular weight excluding hydrogens is 474 g/mol. The molecular formula is C28H28ClN5O2. The Labute approximate surface area is 215 Å². The van der Waals surface area contributed by atoms with Gasteiger partial charge >= 0.3 is 0 Å². The fraction of sp³-hybridized carbons (Fsp3) is 0.357. The van der Waals surface area contributed by atoms with Crippen molar-refractivity contribution in [2.45, 2.75) is 45.2 Å². The molecule has 1 saturated heterocycles. The molecule has 2 amide bonds. The number of rotatable bonds is 4. The Morgan fingerprint density at radius 1 is 1.08 bits per heavy atom. The van der Waals surface area contributed by atoms with E-state index >= 15 is 0 Å². The van der Waals surface area contributed by atoms with Gasteiger partial charge in [-0.2, -0.15) is 0 Å². The normalized spacial score (nSPS) is 19.6. The van der Waals surface area contributed by atoms with E-state index in [4.69, 9.17) is 11.6 Å². The van der Waals surface area contributed by atoms with Crippen molar-refractivity contribution in [3.8, 4) is 0 Å². The van der Waals surface area contributed by atoms with Gasteiger partial charge in [-0.05, 0) is 75.1 Å². The number of nitrogens with zero attached hydrogens (tertiary/aromatic N) is 4. The van der Waals surface area contributed by atoms with Crippen LogP contribution in [0.5, 0.6) is 0 Å². The van der Waals surface area contributed by atoms with E-state index in [0.717, 1.165) is 48.4 Å². The standard InChI is InChI=1S/C28H28ClN5O2/c1-17-6-7-30-14-23(17)25(35)33-15-28(16-33)10-20(11-28)32-19-9-21(13-31-12-19)34-26(36)22-5-4-18(29)8-24(22)27(34,2)3/h4-9,12-14,20,32H,10-11,15-16H2,1-3H3. The summed E-state index contributed by atoms with van der Waals surface area (Å²) in [6, 6.07) is 9.62. The molecule has 1 aromatic carbocycles. The molecule has 0 bridgehead atoms. The topological polar surface area (TPSA) is 78.4 Å². The maximum absolute atomic E-state index is 13.3. The predicted molar refractivity (Wildman–Crippen MR) is 139 cm³/mol. The molecule has 184 valence electrons. The summed E-state index contributed by atoms with van der Waals surface area (Å²) in [5, 5.41) is 4.21. The number of amides is 2. The zero-order chi connectivity index (χ0) is 25.2. The first kappa shape index (κ1) is 23.0. The first-order valence-corrected chi connectivity index (χ1v) is 12.6. The van der Waals surface area contributed by atoms with Crippen molar-refractivity contribution in [3.63, 3.8) is 0 Å². The third-order valence-electron chi connectivity index (χ3n) is 7.95. The fourth-order valence-corrected chi connectivity index (χ4v) is 6.29. The van der Waals surface area contributed by atoms with Crippen LogP contribution in [0.2, 0.25) is 5.02 Å². The molecule has 36 heavy (non-hydrogen) atoms. The van der Waals surface area contributed by atoms with E-state index in [2.05, 4.69) is 15.3 Å². The summed E-state index contributed by atoms with van der Waals surface area (Å²) < 4.78 is 0. The first-order valence-electron chi connectivity index (χ1n) is 12.2. The number of hydrogen-bond acceptors (Lipinski definition) is 5. The number of hydrogen-bond donors (Lipinski definition) is 1. The Morgan fingerprint density at radius 2 is 1.86 bits per heavy atom. The molecule has 1 N–H and O–H groups in total. The summed E-state index contributed by atoms with van der Waals surface area (Å²) >= 11 is 6.22. The monoisotopic (exact) mass is 501 g/mol. The number of likely N-dealkylation sites (tertiary alicyclic amines) is 1. The second-order valence-electron chi connectivity index (χ2n) is 10.9. The summed E-state index contributed by atoms with van der Waals surface area (Å²) in [5.74, 6) is 0.0241. The lowest BCUT2D eigenvalue weighted by Gasteiger charge is -2.59. The van der Waals surface area contributed by atoms with E-state index in [-0.39, 0.29) is 17.2 Å². The first-order chi connectivity index (χ1) is 17.2. The van der Waals surface area contributed by atoms with Crippen LogP contribution in [0.4, 0.5) is 11.4 Å². The lowest BCUT2D eigenvalue weighted by molar-refractivity contribution is -0.0492. The predicted octanol–water partition coefficient (Wildman–Crippen LogP) is 5.05. The zero-order valence-corrected chi connectivity index (χ0v) is 21.3. The molecule has 3 aromatic rings. The maximum atomic E-state index is 13.3. The maximum Gasteiger partial charge on any atom is 0.259 e. The van der Waals surface area contributed by atoms with Gasteiger partial charge in [0.15, 0.2) is 0 Å². The number of fused-ring (bicyclic) bond motifs is 1. The number of nitrogens with one attached hydrogen (secondary N) is 1. The fourth-order valence-electron chi connectivity index (χ4n) is 6.12. The van der Waals surface area contributed by atoms with Crippen LogP contribution in [-0.2, 0) is 5.54 Å². The second kappa shape index (κ2) is 8.03. The smallest absolute Gasteiger partial charge is 0.259 e. The molecule has 1 aliphatic carbocycles. The molecule has 1 spiro atoms. The summed E-state index contributed by atoms with van der Waals surface area (Å²) in [6.45, 7) is 7.57. The minimum absolute atomic E-state index is 0.0451. The second-order valence-corrected chi connectivity index (χ2v) is 11.4. The van der Waals surface area contributed by atoms with Crippen molar-refractivity contribution in [2.24, 2.45) is 5.41 Å². The highest BCUT2D eigenvalue weighted by Crippen LogP contribution is 2.50. The molecule has 0 unspecified atom stereocenters. The Morgan fingerprint density at radius 3 is 2.61 bits per heavy atom. The number of benzene rings is 1. The van der Waals surface area contributed by atoms with E-state index in [1.165, 1.54) is 0 Å². The Balaban J connectivity index is 1.10. The van der Waals surface area contributed by atoms with Gasteiger partial charge in [-0.1, -0.05) is 11.6 Å². The van der Waals surface area contributed by atoms with Crippen molar-refractivity contribution in [3.05, 3.63) is 82.4 Å². The van der Waals surface area contributed by atoms with Crippen molar-refractivity contribution in [1.82, 2.24) is 14.9 Å². The molecule has 2 aromatic heterocycles. The van der Waals surface area contributed by atoms with Crippen LogP contribution in [-0.4, -0.2) is 45.8 Å². The number of aromatic nitrogens is 2. The molecule has 4 heterocycles. The van der Waals surface area contributed by atoms with Crippen LogP contribution >= 0.6 is 11.6 Å². The molecule has 2 fully saturated rings. The van der Waals surface area contributed by atoms with Gasteiger partial charge in [-0.15, -0.1) is 0 Å². The van der Waals surface area contributed by atoms with E-state index in [9.17, 15) is 9.59 Å². The molecule has 6 rings (SSSR count). The Kier molecular flexibility index (Phi) is 5.13. The number of pyridine rings is 2. The SMILES string of the molecule is Cc1ccncc1C(=O)N1CC2(CC(Nc3cncc(N4C(=O)c5ccc(Cl)cc5C4(C)C)c3)C2)C1. The minimum atomic E-state index is -0.535. The molecule has 0 atom stereocenters.